The molecule has 0 saturated carbocycles. The number of allylic oxidation sites excluding steroid dienone is 2. The van der Waals surface area contributed by atoms with Gasteiger partial charge >= 0.3 is 0 Å². The summed E-state index contributed by atoms with van der Waals surface area (Å²) in [7, 11) is 1.53. The molecule has 1 spiro atoms. The second-order valence-corrected chi connectivity index (χ2v) is 9.76. The van der Waals surface area contributed by atoms with Gasteiger partial charge in [-0.1, -0.05) is 17.4 Å². The molecule has 2 aliphatic rings. The topological polar surface area (TPSA) is 105 Å². The van der Waals surface area contributed by atoms with E-state index in [4.69, 9.17) is 9.47 Å². The molecule has 3 heterocycles. The number of hydrogen-bond acceptors (Lipinski definition) is 9. The summed E-state index contributed by atoms with van der Waals surface area (Å²) in [6.45, 7) is 3.42. The van der Waals surface area contributed by atoms with Crippen LogP contribution in [0.15, 0.2) is 35.9 Å². The fourth-order valence-corrected chi connectivity index (χ4v) is 5.17. The zero-order chi connectivity index (χ0) is 25.9. The number of amides is 1. The van der Waals surface area contributed by atoms with E-state index in [9.17, 15) is 23.5 Å². The van der Waals surface area contributed by atoms with Gasteiger partial charge in [-0.3, -0.25) is 9.59 Å². The Labute approximate surface area is 210 Å². The molecule has 2 aliphatic heterocycles. The summed E-state index contributed by atoms with van der Waals surface area (Å²) in [6.07, 6.45) is 2.61. The lowest BCUT2D eigenvalue weighted by Gasteiger charge is -2.48. The van der Waals surface area contributed by atoms with E-state index in [1.54, 1.807) is 22.9 Å². The molecule has 1 atom stereocenters. The number of aldehydes is 1. The van der Waals surface area contributed by atoms with Crippen LogP contribution in [0.5, 0.6) is 0 Å². The van der Waals surface area contributed by atoms with E-state index in [2.05, 4.69) is 10.2 Å². The van der Waals surface area contributed by atoms with Crippen molar-refractivity contribution in [3.8, 4) is 0 Å². The smallest absolute Gasteiger partial charge is 0.274 e. The second-order valence-electron chi connectivity index (χ2n) is 8.69. The van der Waals surface area contributed by atoms with Crippen LogP contribution in [0.2, 0.25) is 0 Å². The molecule has 36 heavy (non-hydrogen) atoms. The molecule has 1 N–H and O–H groups in total. The number of aliphatic hydroxyl groups excluding tert-OH is 1. The molecule has 192 valence electrons. The quantitative estimate of drug-likeness (QED) is 0.322. The van der Waals surface area contributed by atoms with Crippen molar-refractivity contribution in [1.82, 2.24) is 20.0 Å². The molecule has 1 amide bonds. The van der Waals surface area contributed by atoms with Gasteiger partial charge in [0.2, 0.25) is 0 Å². The SMILES string of the molecule is COCCN1CC2(CCOC2)N(/C=C(\C)c2nnc(Cc3ccc(F)cc3F)s2)/C(=C(/O)C=O)C1=O. The number of carbonyl (C=O) groups is 2. The minimum atomic E-state index is -0.694. The van der Waals surface area contributed by atoms with Gasteiger partial charge in [-0.15, -0.1) is 10.2 Å². The van der Waals surface area contributed by atoms with Crippen molar-refractivity contribution < 1.29 is 33.0 Å². The van der Waals surface area contributed by atoms with Crippen LogP contribution in [-0.2, 0) is 25.5 Å². The maximum absolute atomic E-state index is 14.1. The maximum Gasteiger partial charge on any atom is 0.274 e. The van der Waals surface area contributed by atoms with E-state index in [0.29, 0.717) is 53.9 Å². The summed E-state index contributed by atoms with van der Waals surface area (Å²) in [5.74, 6) is -2.49. The van der Waals surface area contributed by atoms with Crippen molar-refractivity contribution in [3.63, 3.8) is 0 Å². The van der Waals surface area contributed by atoms with Crippen molar-refractivity contribution in [2.45, 2.75) is 25.3 Å². The summed E-state index contributed by atoms with van der Waals surface area (Å²) >= 11 is 1.23. The molecule has 9 nitrogen and oxygen atoms in total. The Balaban J connectivity index is 1.67. The summed E-state index contributed by atoms with van der Waals surface area (Å²) in [6, 6.07) is 3.37. The number of benzene rings is 1. The Kier molecular flexibility index (Phi) is 7.76. The van der Waals surface area contributed by atoms with Crippen LogP contribution < -0.4 is 0 Å². The summed E-state index contributed by atoms with van der Waals surface area (Å²) in [5, 5.41) is 19.8. The molecule has 0 aliphatic carbocycles. The number of piperazine rings is 1. The standard InChI is InChI=1S/C24H26F2N4O5S/c1-15(22-28-27-20(36-22)9-16-3-4-17(25)10-18(16)26)11-30-21(19(32)12-31)23(33)29(6-8-34-2)13-24(30)5-7-35-14-24/h3-4,10-12,32H,5-9,13-14H2,1-2H3/b15-11+,21-19+. The van der Waals surface area contributed by atoms with Crippen LogP contribution in [0.25, 0.3) is 5.57 Å². The monoisotopic (exact) mass is 520 g/mol. The largest absolute Gasteiger partial charge is 0.503 e. The number of aliphatic hydroxyl groups is 1. The molecule has 2 aromatic rings. The Morgan fingerprint density at radius 1 is 1.36 bits per heavy atom. The van der Waals surface area contributed by atoms with Crippen LogP contribution >= 0.6 is 11.3 Å². The first-order valence-electron chi connectivity index (χ1n) is 11.3. The van der Waals surface area contributed by atoms with Crippen molar-refractivity contribution in [2.75, 3.05) is 40.0 Å². The molecule has 2 fully saturated rings. The first-order chi connectivity index (χ1) is 17.3. The molecular formula is C24H26F2N4O5S. The van der Waals surface area contributed by atoms with Crippen molar-refractivity contribution in [1.29, 1.82) is 0 Å². The minimum absolute atomic E-state index is 0.141. The van der Waals surface area contributed by atoms with Gasteiger partial charge in [0.05, 0.1) is 18.8 Å². The number of rotatable bonds is 8. The molecule has 0 bridgehead atoms. The first-order valence-corrected chi connectivity index (χ1v) is 12.1. The van der Waals surface area contributed by atoms with Gasteiger partial charge in [0, 0.05) is 51.1 Å². The van der Waals surface area contributed by atoms with Crippen molar-refractivity contribution in [2.24, 2.45) is 0 Å². The van der Waals surface area contributed by atoms with E-state index in [-0.39, 0.29) is 25.0 Å². The lowest BCUT2D eigenvalue weighted by Crippen LogP contribution is -2.62. The summed E-state index contributed by atoms with van der Waals surface area (Å²) in [5.41, 5.74) is 0.0796. The highest BCUT2D eigenvalue weighted by molar-refractivity contribution is 7.12. The first kappa shape index (κ1) is 25.9. The van der Waals surface area contributed by atoms with Gasteiger partial charge in [0.15, 0.2) is 17.7 Å². The van der Waals surface area contributed by atoms with E-state index in [0.717, 1.165) is 6.07 Å². The zero-order valence-corrected chi connectivity index (χ0v) is 20.7. The van der Waals surface area contributed by atoms with Crippen molar-refractivity contribution in [3.05, 3.63) is 63.1 Å². The number of aromatic nitrogens is 2. The predicted octanol–water partition coefficient (Wildman–Crippen LogP) is 2.69. The van der Waals surface area contributed by atoms with Crippen molar-refractivity contribution >= 4 is 29.1 Å². The van der Waals surface area contributed by atoms with Gasteiger partial charge in [0.1, 0.15) is 21.6 Å². The van der Waals surface area contributed by atoms with E-state index < -0.39 is 28.8 Å². The third-order valence-electron chi connectivity index (χ3n) is 6.21. The average molecular weight is 521 g/mol. The van der Waals surface area contributed by atoms with Gasteiger partial charge < -0.3 is 24.4 Å². The maximum atomic E-state index is 14.1. The molecule has 1 unspecified atom stereocenters. The van der Waals surface area contributed by atoms with Gasteiger partial charge in [-0.2, -0.15) is 0 Å². The molecule has 4 rings (SSSR count). The van der Waals surface area contributed by atoms with Crippen LogP contribution in [-0.4, -0.2) is 82.9 Å². The van der Waals surface area contributed by atoms with Crippen LogP contribution in [0.4, 0.5) is 8.78 Å². The van der Waals surface area contributed by atoms with E-state index >= 15 is 0 Å². The zero-order valence-electron chi connectivity index (χ0n) is 19.9. The Hall–Kier alpha value is -3.22. The highest BCUT2D eigenvalue weighted by atomic mass is 32.1. The fraction of sp³-hybridized carbons (Fsp3) is 0.417. The lowest BCUT2D eigenvalue weighted by atomic mass is 9.91. The summed E-state index contributed by atoms with van der Waals surface area (Å²) in [4.78, 5) is 28.0. The highest BCUT2D eigenvalue weighted by Crippen LogP contribution is 2.38. The molecule has 0 radical (unpaired) electrons. The molecule has 1 aromatic carbocycles. The van der Waals surface area contributed by atoms with E-state index in [1.807, 2.05) is 0 Å². The highest BCUT2D eigenvalue weighted by Gasteiger charge is 2.50. The Morgan fingerprint density at radius 3 is 2.83 bits per heavy atom. The number of hydrogen-bond donors (Lipinski definition) is 1. The minimum Gasteiger partial charge on any atom is -0.503 e. The fourth-order valence-electron chi connectivity index (χ4n) is 4.34. The summed E-state index contributed by atoms with van der Waals surface area (Å²) < 4.78 is 38.1. The number of nitrogens with zero attached hydrogens (tertiary/aromatic N) is 4. The van der Waals surface area contributed by atoms with Gasteiger partial charge in [-0.05, 0) is 25.0 Å². The van der Waals surface area contributed by atoms with Crippen LogP contribution in [0.3, 0.4) is 0 Å². The second kappa shape index (κ2) is 10.8. The van der Waals surface area contributed by atoms with E-state index in [1.165, 1.54) is 30.6 Å². The van der Waals surface area contributed by atoms with Crippen LogP contribution in [0.1, 0.15) is 28.9 Å². The number of methoxy groups -OCH3 is 1. The molecule has 2 saturated heterocycles. The molecule has 1 aromatic heterocycles. The molecule has 12 heteroatoms. The third kappa shape index (κ3) is 5.15. The third-order valence-corrected chi connectivity index (χ3v) is 7.27. The van der Waals surface area contributed by atoms with Gasteiger partial charge in [0.25, 0.3) is 5.91 Å². The number of halogens is 2. The van der Waals surface area contributed by atoms with Gasteiger partial charge in [-0.25, -0.2) is 8.78 Å². The lowest BCUT2D eigenvalue weighted by molar-refractivity contribution is -0.137. The Bertz CT molecular complexity index is 1210. The predicted molar refractivity (Wildman–Crippen MR) is 127 cm³/mol. The number of ether oxygens (including phenoxy) is 2. The molecular weight excluding hydrogens is 494 g/mol. The Morgan fingerprint density at radius 2 is 2.17 bits per heavy atom. The normalized spacial score (nSPS) is 22.0. The average Bonchev–Trinajstić information content (AvgIpc) is 3.52. The van der Waals surface area contributed by atoms with Crippen LogP contribution in [0, 0.1) is 11.6 Å². The number of carbonyl (C=O) groups excluding carboxylic acids is 2.